The molecule has 9 heteroatoms. The van der Waals surface area contributed by atoms with Crippen LogP contribution < -0.4 is 10.6 Å². The van der Waals surface area contributed by atoms with Gasteiger partial charge in [0.05, 0.1) is 6.42 Å². The Morgan fingerprint density at radius 1 is 1.09 bits per heavy atom. The maximum absolute atomic E-state index is 13.1. The second-order valence-electron chi connectivity index (χ2n) is 9.29. The van der Waals surface area contributed by atoms with E-state index in [-0.39, 0.29) is 5.92 Å². The van der Waals surface area contributed by atoms with E-state index < -0.39 is 54.3 Å². The molecule has 1 unspecified atom stereocenters. The first kappa shape index (κ1) is 26.0. The van der Waals surface area contributed by atoms with Crippen LogP contribution in [0.5, 0.6) is 0 Å². The molecule has 2 atom stereocenters. The van der Waals surface area contributed by atoms with Gasteiger partial charge < -0.3 is 19.9 Å². The molecule has 0 saturated carbocycles. The molecule has 180 valence electrons. The van der Waals surface area contributed by atoms with Gasteiger partial charge in [-0.05, 0) is 38.8 Å². The topological polar surface area (TPSA) is 106 Å². The van der Waals surface area contributed by atoms with Crippen LogP contribution in [0.1, 0.15) is 51.5 Å². The summed E-state index contributed by atoms with van der Waals surface area (Å²) in [5.74, 6) is -3.19. The molecule has 1 heterocycles. The third-order valence-corrected chi connectivity index (χ3v) is 5.05. The lowest BCUT2D eigenvalue weighted by Crippen LogP contribution is -2.54. The molecule has 2 aromatic rings. The third kappa shape index (κ3) is 6.87. The first-order valence-corrected chi connectivity index (χ1v) is 10.8. The van der Waals surface area contributed by atoms with Gasteiger partial charge in [-0.1, -0.05) is 32.0 Å². The van der Waals surface area contributed by atoms with Crippen LogP contribution in [0.2, 0.25) is 0 Å². The Hall–Kier alpha value is -3.23. The molecule has 1 aromatic heterocycles. The number of alkyl halides is 1. The molecule has 0 aliphatic rings. The van der Waals surface area contributed by atoms with E-state index in [9.17, 15) is 23.6 Å². The minimum atomic E-state index is -1.40. The van der Waals surface area contributed by atoms with Crippen LogP contribution in [0.4, 0.5) is 4.39 Å². The number of fused-ring (bicyclic) bond motifs is 1. The summed E-state index contributed by atoms with van der Waals surface area (Å²) < 4.78 is 20.0. The van der Waals surface area contributed by atoms with Crippen molar-refractivity contribution in [2.45, 2.75) is 58.7 Å². The van der Waals surface area contributed by atoms with Crippen LogP contribution in [-0.4, -0.2) is 52.5 Å². The minimum absolute atomic E-state index is 0.341. The fraction of sp³-hybridized carbons (Fsp3) is 0.500. The van der Waals surface area contributed by atoms with E-state index in [0.29, 0.717) is 5.69 Å². The molecule has 2 rings (SSSR count). The standard InChI is InChI=1S/C24H32FN3O5/c1-14(2)21(27-22(31)18-11-15-9-7-8-10-17(15)28(18)6)23(32)26-16(19(29)13-25)12-20(30)33-24(3,4)5/h7-11,14,16,21H,12-13H2,1-6H3,(H,26,32)(H,27,31)/t16?,21-/m0/s1. The van der Waals surface area contributed by atoms with Crippen LogP contribution >= 0.6 is 0 Å². The van der Waals surface area contributed by atoms with Crippen molar-refractivity contribution < 1.29 is 28.3 Å². The van der Waals surface area contributed by atoms with E-state index in [0.717, 1.165) is 10.9 Å². The highest BCUT2D eigenvalue weighted by Gasteiger charge is 2.32. The number of nitrogens with one attached hydrogen (secondary N) is 2. The van der Waals surface area contributed by atoms with Crippen LogP contribution in [0.25, 0.3) is 10.9 Å². The molecular weight excluding hydrogens is 429 g/mol. The highest BCUT2D eigenvalue weighted by molar-refractivity contribution is 6.01. The first-order valence-electron chi connectivity index (χ1n) is 10.8. The fourth-order valence-corrected chi connectivity index (χ4v) is 3.41. The Morgan fingerprint density at radius 3 is 2.27 bits per heavy atom. The Labute approximate surface area is 192 Å². The van der Waals surface area contributed by atoms with E-state index in [1.54, 1.807) is 52.3 Å². The number of carbonyl (C=O) groups excluding carboxylic acids is 4. The summed E-state index contributed by atoms with van der Waals surface area (Å²) in [4.78, 5) is 50.1. The van der Waals surface area contributed by atoms with Gasteiger partial charge in [0.15, 0.2) is 5.78 Å². The molecule has 2 amide bonds. The molecule has 0 spiro atoms. The number of ketones is 1. The fourth-order valence-electron chi connectivity index (χ4n) is 3.41. The average Bonchev–Trinajstić information content (AvgIpc) is 3.06. The highest BCUT2D eigenvalue weighted by Crippen LogP contribution is 2.19. The summed E-state index contributed by atoms with van der Waals surface area (Å²) in [6.07, 6.45) is -0.506. The van der Waals surface area contributed by atoms with Gasteiger partial charge in [-0.15, -0.1) is 0 Å². The maximum atomic E-state index is 13.1. The number of para-hydroxylation sites is 1. The SMILES string of the molecule is CC(C)[C@H](NC(=O)c1cc2ccccc2n1C)C(=O)NC(CC(=O)OC(C)(C)C)C(=O)CF. The molecule has 0 saturated heterocycles. The van der Waals surface area contributed by atoms with Gasteiger partial charge in [0.1, 0.15) is 30.1 Å². The molecular formula is C24H32FN3O5. The summed E-state index contributed by atoms with van der Waals surface area (Å²) in [5, 5.41) is 5.98. The second kappa shape index (κ2) is 10.6. The van der Waals surface area contributed by atoms with Gasteiger partial charge in [0, 0.05) is 18.0 Å². The number of hydrogen-bond acceptors (Lipinski definition) is 5. The molecule has 33 heavy (non-hydrogen) atoms. The molecule has 0 bridgehead atoms. The maximum Gasteiger partial charge on any atom is 0.308 e. The van der Waals surface area contributed by atoms with Crippen molar-refractivity contribution in [3.05, 3.63) is 36.0 Å². The lowest BCUT2D eigenvalue weighted by Gasteiger charge is -2.25. The lowest BCUT2D eigenvalue weighted by atomic mass is 10.0. The van der Waals surface area contributed by atoms with Gasteiger partial charge in [0.2, 0.25) is 5.91 Å². The number of carbonyl (C=O) groups is 4. The van der Waals surface area contributed by atoms with Crippen LogP contribution in [0, 0.1) is 5.92 Å². The molecule has 1 aromatic carbocycles. The van der Waals surface area contributed by atoms with Crippen molar-refractivity contribution in [3.8, 4) is 0 Å². The molecule has 2 N–H and O–H groups in total. The number of benzene rings is 1. The van der Waals surface area contributed by atoms with E-state index in [4.69, 9.17) is 4.74 Å². The number of ether oxygens (including phenoxy) is 1. The smallest absolute Gasteiger partial charge is 0.308 e. The van der Waals surface area contributed by atoms with Crippen molar-refractivity contribution >= 4 is 34.5 Å². The Morgan fingerprint density at radius 2 is 1.73 bits per heavy atom. The highest BCUT2D eigenvalue weighted by atomic mass is 19.1. The molecule has 0 aliphatic carbocycles. The zero-order chi connectivity index (χ0) is 24.9. The predicted molar refractivity (Wildman–Crippen MR) is 122 cm³/mol. The van der Waals surface area contributed by atoms with Gasteiger partial charge in [-0.2, -0.15) is 0 Å². The number of halogens is 1. The van der Waals surface area contributed by atoms with E-state index >= 15 is 0 Å². The summed E-state index contributed by atoms with van der Waals surface area (Å²) in [5.41, 5.74) is 0.427. The van der Waals surface area contributed by atoms with Crippen LogP contribution in [-0.2, 0) is 26.2 Å². The monoisotopic (exact) mass is 461 g/mol. The second-order valence-corrected chi connectivity index (χ2v) is 9.29. The number of hydrogen-bond donors (Lipinski definition) is 2. The molecule has 0 aliphatic heterocycles. The van der Waals surface area contributed by atoms with E-state index in [1.807, 2.05) is 24.3 Å². The minimum Gasteiger partial charge on any atom is -0.460 e. The number of esters is 1. The number of aryl methyl sites for hydroxylation is 1. The van der Waals surface area contributed by atoms with Crippen molar-refractivity contribution in [3.63, 3.8) is 0 Å². The van der Waals surface area contributed by atoms with E-state index in [2.05, 4.69) is 10.6 Å². The summed E-state index contributed by atoms with van der Waals surface area (Å²) in [6, 6.07) is 6.79. The van der Waals surface area contributed by atoms with Crippen LogP contribution in [0.3, 0.4) is 0 Å². The van der Waals surface area contributed by atoms with Crippen molar-refractivity contribution in [2.24, 2.45) is 13.0 Å². The number of amides is 2. The van der Waals surface area contributed by atoms with Crippen molar-refractivity contribution in [2.75, 3.05) is 6.67 Å². The Kier molecular flexibility index (Phi) is 8.35. The Balaban J connectivity index is 2.17. The van der Waals surface area contributed by atoms with E-state index in [1.165, 1.54) is 0 Å². The molecule has 8 nitrogen and oxygen atoms in total. The van der Waals surface area contributed by atoms with Crippen molar-refractivity contribution in [1.29, 1.82) is 0 Å². The number of aromatic nitrogens is 1. The van der Waals surface area contributed by atoms with Crippen molar-refractivity contribution in [1.82, 2.24) is 15.2 Å². The summed E-state index contributed by atoms with van der Waals surface area (Å²) in [6.45, 7) is 7.09. The largest absolute Gasteiger partial charge is 0.460 e. The normalized spacial score (nSPS) is 13.5. The quantitative estimate of drug-likeness (QED) is 0.559. The Bertz CT molecular complexity index is 1040. The number of Topliss-reactive ketones (excluding diaryl/α,β-unsaturated/α-hetero) is 1. The van der Waals surface area contributed by atoms with Gasteiger partial charge in [0.25, 0.3) is 5.91 Å². The number of rotatable bonds is 9. The average molecular weight is 462 g/mol. The summed E-state index contributed by atoms with van der Waals surface area (Å²) >= 11 is 0. The molecule has 0 radical (unpaired) electrons. The zero-order valence-electron chi connectivity index (χ0n) is 19.9. The zero-order valence-corrected chi connectivity index (χ0v) is 19.9. The van der Waals surface area contributed by atoms with Gasteiger partial charge in [-0.25, -0.2) is 4.39 Å². The first-order chi connectivity index (χ1) is 15.3. The van der Waals surface area contributed by atoms with Gasteiger partial charge in [-0.3, -0.25) is 19.2 Å². The number of nitrogens with zero attached hydrogens (tertiary/aromatic N) is 1. The summed E-state index contributed by atoms with van der Waals surface area (Å²) in [7, 11) is 1.75. The molecule has 0 fully saturated rings. The third-order valence-electron chi connectivity index (χ3n) is 5.05. The van der Waals surface area contributed by atoms with Crippen LogP contribution in [0.15, 0.2) is 30.3 Å². The lowest BCUT2D eigenvalue weighted by molar-refractivity contribution is -0.156. The predicted octanol–water partition coefficient (Wildman–Crippen LogP) is 2.69. The van der Waals surface area contributed by atoms with Gasteiger partial charge >= 0.3 is 5.97 Å².